The zero-order chi connectivity index (χ0) is 50.9. The highest BCUT2D eigenvalue weighted by atomic mass is 16.5. The average Bonchev–Trinajstić information content (AvgIpc) is 4.07. The van der Waals surface area contributed by atoms with Crippen molar-refractivity contribution in [3.63, 3.8) is 0 Å². The molecule has 0 spiro atoms. The van der Waals surface area contributed by atoms with Crippen LogP contribution in [0.2, 0.25) is 0 Å². The number of carboxylic acids is 2. The van der Waals surface area contributed by atoms with Crippen LogP contribution in [0.1, 0.15) is 109 Å². The van der Waals surface area contributed by atoms with Crippen LogP contribution in [0.5, 0.6) is 0 Å². The number of fused-ring (bicyclic) bond motifs is 1. The number of tetrazole rings is 1. The number of nitrogens with zero attached hydrogens (tertiary/aromatic N) is 5. The van der Waals surface area contributed by atoms with Gasteiger partial charge in [0, 0.05) is 24.2 Å². The van der Waals surface area contributed by atoms with Crippen molar-refractivity contribution >= 4 is 41.3 Å². The molecule has 376 valence electrons. The molecular weight excluding hydrogens is 903 g/mol. The van der Waals surface area contributed by atoms with Crippen molar-refractivity contribution in [2.24, 2.45) is 17.3 Å². The topological polar surface area (TPSA) is 225 Å². The van der Waals surface area contributed by atoms with Gasteiger partial charge in [-0.1, -0.05) is 137 Å². The van der Waals surface area contributed by atoms with E-state index in [1.807, 2.05) is 112 Å². The van der Waals surface area contributed by atoms with Gasteiger partial charge >= 0.3 is 17.9 Å². The van der Waals surface area contributed by atoms with Crippen LogP contribution in [-0.4, -0.2) is 96.6 Å². The fourth-order valence-corrected chi connectivity index (χ4v) is 9.84. The van der Waals surface area contributed by atoms with Gasteiger partial charge in [0.2, 0.25) is 23.5 Å². The molecule has 71 heavy (non-hydrogen) atoms. The first-order valence-electron chi connectivity index (χ1n) is 24.8. The molecule has 0 radical (unpaired) electrons. The standard InChI is InChI=1S/C31H38N2O6.C24H29N5O3/c1-2-39-29(37)24(15-14-22-10-4-3-5-11-22)20-31(18-8-9-19-31)30(38)32-25-17-16-23-12-6-7-13-26(23)33(28(25)36)21-27(34)35;1-4-5-10-21(30)29(22(16(2)3)24(31)32)15-17-11-13-18(14-12-17)19-8-6-7-9-20(19)23-25-27-28-26-23/h3-7,10-13,24-25H,2,8-9,14-21H2,1H3,(H,32,38)(H,34,35);6-9,11-14,16,22H,4-5,10,15H2,1-3H3,(H,31,32)(H,25,26,27,28)/t24-,25+;22-/m10/s1. The largest absolute Gasteiger partial charge is 0.480 e. The second kappa shape index (κ2) is 25.6. The molecule has 16 heteroatoms. The number of hydrogen-bond donors (Lipinski definition) is 4. The normalized spacial score (nSPS) is 15.9. The number of unbranched alkanes of at least 4 members (excludes halogenated alkanes) is 1. The van der Waals surface area contributed by atoms with Gasteiger partial charge < -0.3 is 25.2 Å². The van der Waals surface area contributed by atoms with E-state index in [1.54, 1.807) is 19.1 Å². The minimum Gasteiger partial charge on any atom is -0.480 e. The summed E-state index contributed by atoms with van der Waals surface area (Å²) in [6.45, 7) is 7.51. The number of H-pyrrole nitrogens is 1. The second-order valence-electron chi connectivity index (χ2n) is 18.8. The number of rotatable bonds is 21. The van der Waals surface area contributed by atoms with Crippen LogP contribution in [0.15, 0.2) is 103 Å². The molecule has 1 aliphatic heterocycles. The van der Waals surface area contributed by atoms with E-state index < -0.39 is 47.8 Å². The second-order valence-corrected chi connectivity index (χ2v) is 18.8. The van der Waals surface area contributed by atoms with E-state index in [-0.39, 0.29) is 36.9 Å². The van der Waals surface area contributed by atoms with E-state index in [4.69, 9.17) is 4.74 Å². The number of para-hydroxylation sites is 1. The van der Waals surface area contributed by atoms with E-state index in [0.29, 0.717) is 62.9 Å². The Kier molecular flexibility index (Phi) is 19.1. The molecule has 1 fully saturated rings. The van der Waals surface area contributed by atoms with Crippen molar-refractivity contribution in [1.29, 1.82) is 0 Å². The number of carbonyl (C=O) groups is 6. The third-order valence-corrected chi connectivity index (χ3v) is 13.5. The number of anilines is 1. The predicted molar refractivity (Wildman–Crippen MR) is 268 cm³/mol. The lowest BCUT2D eigenvalue weighted by Gasteiger charge is -2.33. The predicted octanol–water partition coefficient (Wildman–Crippen LogP) is 8.46. The third kappa shape index (κ3) is 14.0. The Labute approximate surface area is 415 Å². The summed E-state index contributed by atoms with van der Waals surface area (Å²) in [5.74, 6) is -3.28. The van der Waals surface area contributed by atoms with Gasteiger partial charge in [0.1, 0.15) is 18.6 Å². The molecule has 1 saturated carbocycles. The number of aromatic amines is 1. The Hall–Kier alpha value is -7.23. The molecule has 0 unspecified atom stereocenters. The average molecular weight is 970 g/mol. The summed E-state index contributed by atoms with van der Waals surface area (Å²) in [7, 11) is 0. The zero-order valence-corrected chi connectivity index (χ0v) is 41.2. The quantitative estimate of drug-likeness (QED) is 0.0508. The summed E-state index contributed by atoms with van der Waals surface area (Å²) in [5.41, 5.74) is 5.46. The number of nitrogens with one attached hydrogen (secondary N) is 2. The molecule has 3 amide bonds. The van der Waals surface area contributed by atoms with Crippen molar-refractivity contribution in [3.05, 3.63) is 120 Å². The van der Waals surface area contributed by atoms with Crippen LogP contribution in [0.4, 0.5) is 5.69 Å². The number of hydrogen-bond acceptors (Lipinski definition) is 10. The van der Waals surface area contributed by atoms with E-state index in [2.05, 4.69) is 25.9 Å². The third-order valence-electron chi connectivity index (χ3n) is 13.5. The molecule has 2 aliphatic rings. The number of esters is 1. The zero-order valence-electron chi connectivity index (χ0n) is 41.2. The maximum absolute atomic E-state index is 13.9. The first kappa shape index (κ1) is 53.1. The highest BCUT2D eigenvalue weighted by Gasteiger charge is 2.46. The maximum Gasteiger partial charge on any atom is 0.326 e. The summed E-state index contributed by atoms with van der Waals surface area (Å²) in [6, 6.07) is 31.1. The lowest BCUT2D eigenvalue weighted by atomic mass is 9.75. The van der Waals surface area contributed by atoms with Crippen molar-refractivity contribution < 1.29 is 43.7 Å². The highest BCUT2D eigenvalue weighted by molar-refractivity contribution is 6.03. The van der Waals surface area contributed by atoms with Gasteiger partial charge in [-0.3, -0.25) is 28.9 Å². The minimum atomic E-state index is -1.12. The van der Waals surface area contributed by atoms with Crippen molar-refractivity contribution in [3.8, 4) is 22.5 Å². The number of aromatic nitrogens is 4. The van der Waals surface area contributed by atoms with Gasteiger partial charge in [-0.05, 0) is 103 Å². The first-order valence-corrected chi connectivity index (χ1v) is 24.8. The van der Waals surface area contributed by atoms with Crippen molar-refractivity contribution in [2.75, 3.05) is 18.1 Å². The van der Waals surface area contributed by atoms with E-state index in [0.717, 1.165) is 59.1 Å². The number of aryl methyl sites for hydroxylation is 2. The Morgan fingerprint density at radius 3 is 2.18 bits per heavy atom. The summed E-state index contributed by atoms with van der Waals surface area (Å²) in [4.78, 5) is 79.6. The van der Waals surface area contributed by atoms with Gasteiger partial charge in [-0.25, -0.2) is 4.79 Å². The molecule has 1 aliphatic carbocycles. The monoisotopic (exact) mass is 970 g/mol. The summed E-state index contributed by atoms with van der Waals surface area (Å²) < 4.78 is 5.41. The summed E-state index contributed by atoms with van der Waals surface area (Å²) in [5, 5.41) is 36.5. The lowest BCUT2D eigenvalue weighted by Crippen LogP contribution is -2.53. The Bertz CT molecular complexity index is 2560. The van der Waals surface area contributed by atoms with E-state index >= 15 is 0 Å². The van der Waals surface area contributed by atoms with Gasteiger partial charge in [0.15, 0.2) is 0 Å². The molecule has 2 heterocycles. The molecular formula is C55H67N7O9. The van der Waals surface area contributed by atoms with E-state index in [9.17, 15) is 39.0 Å². The molecule has 4 aromatic carbocycles. The van der Waals surface area contributed by atoms with E-state index in [1.165, 1.54) is 9.80 Å². The Morgan fingerprint density at radius 2 is 1.55 bits per heavy atom. The molecule has 1 aromatic heterocycles. The maximum atomic E-state index is 13.9. The number of benzene rings is 4. The number of amides is 3. The van der Waals surface area contributed by atoms with Crippen LogP contribution in [0.3, 0.4) is 0 Å². The minimum absolute atomic E-state index is 0.125. The molecule has 7 rings (SSSR count). The summed E-state index contributed by atoms with van der Waals surface area (Å²) in [6.07, 6.45) is 7.55. The SMILES string of the molecule is CCCCC(=O)N(Cc1ccc(-c2ccccc2-c2nn[nH]n2)cc1)[C@H](C(=O)O)C(C)C.CCOC(=O)[C@H](CCc1ccccc1)CC1(C(=O)N[C@H]2CCc3ccccc3N(CC(=O)O)C2=O)CCCC1. The van der Waals surface area contributed by atoms with Crippen LogP contribution in [-0.2, 0) is 52.9 Å². The smallest absolute Gasteiger partial charge is 0.326 e. The number of carbonyl (C=O) groups excluding carboxylic acids is 4. The fraction of sp³-hybridized carbons (Fsp3) is 0.436. The fourth-order valence-electron chi connectivity index (χ4n) is 9.84. The number of carboxylic acid groups (broad SMARTS) is 2. The van der Waals surface area contributed by atoms with Gasteiger partial charge in [0.05, 0.1) is 17.9 Å². The van der Waals surface area contributed by atoms with Crippen LogP contribution in [0.25, 0.3) is 22.5 Å². The van der Waals surface area contributed by atoms with Gasteiger partial charge in [0.25, 0.3) is 0 Å². The van der Waals surface area contributed by atoms with Crippen molar-refractivity contribution in [2.45, 2.75) is 123 Å². The molecule has 5 aromatic rings. The van der Waals surface area contributed by atoms with Crippen LogP contribution < -0.4 is 10.2 Å². The lowest BCUT2D eigenvalue weighted by molar-refractivity contribution is -0.153. The van der Waals surface area contributed by atoms with Gasteiger partial charge in [-0.2, -0.15) is 5.21 Å². The molecule has 0 bridgehead atoms. The van der Waals surface area contributed by atoms with Crippen LogP contribution >= 0.6 is 0 Å². The van der Waals surface area contributed by atoms with Crippen LogP contribution in [0, 0.1) is 17.3 Å². The molecule has 16 nitrogen and oxygen atoms in total. The van der Waals surface area contributed by atoms with Gasteiger partial charge in [-0.15, -0.1) is 10.2 Å². The molecule has 0 saturated heterocycles. The Morgan fingerprint density at radius 1 is 0.873 bits per heavy atom. The molecule has 4 N–H and O–H groups in total. The summed E-state index contributed by atoms with van der Waals surface area (Å²) >= 11 is 0. The molecule has 3 atom stereocenters. The Balaban J connectivity index is 0.000000237. The number of ether oxygens (including phenoxy) is 1. The number of aliphatic carboxylic acids is 2. The van der Waals surface area contributed by atoms with Crippen molar-refractivity contribution in [1.82, 2.24) is 30.8 Å². The highest BCUT2D eigenvalue weighted by Crippen LogP contribution is 2.45. The first-order chi connectivity index (χ1) is 34.2.